The third-order valence-corrected chi connectivity index (χ3v) is 4.11. The van der Waals surface area contributed by atoms with Gasteiger partial charge in [0.25, 0.3) is 5.91 Å². The van der Waals surface area contributed by atoms with Crippen molar-refractivity contribution < 1.29 is 9.53 Å². The number of nitrogens with zero attached hydrogens (tertiary/aromatic N) is 1. The number of hydrogen-bond acceptors (Lipinski definition) is 3. The number of hydrogen-bond donors (Lipinski definition) is 1. The highest BCUT2D eigenvalue weighted by Gasteiger charge is 2.35. The number of benzene rings is 1. The molecule has 4 nitrogen and oxygen atoms in total. The number of halogens is 1. The Kier molecular flexibility index (Phi) is 5.08. The number of nitriles is 1. The van der Waals surface area contributed by atoms with Gasteiger partial charge in [-0.3, -0.25) is 4.79 Å². The fourth-order valence-corrected chi connectivity index (χ4v) is 2.72. The maximum atomic E-state index is 12.3. The summed E-state index contributed by atoms with van der Waals surface area (Å²) in [6.45, 7) is 1.66. The molecule has 1 atom stereocenters. The molecular formula is C16H19ClN2O2. The van der Waals surface area contributed by atoms with Gasteiger partial charge in [0.05, 0.1) is 11.1 Å². The van der Waals surface area contributed by atoms with Crippen LogP contribution in [0, 0.1) is 11.3 Å². The lowest BCUT2D eigenvalue weighted by Gasteiger charge is -2.32. The monoisotopic (exact) mass is 306 g/mol. The molecule has 0 spiro atoms. The molecule has 1 N–H and O–H groups in total. The molecule has 0 bridgehead atoms. The standard InChI is InChI=1S/C16H19ClN2O2/c1-12(21-14-8-4-3-7-13(14)17)15(20)19-16(11-18)9-5-2-6-10-16/h3-4,7-8,12H,2,5-6,9-10H2,1H3,(H,19,20)/t12-/m0/s1. The van der Waals surface area contributed by atoms with Crippen LogP contribution in [0.4, 0.5) is 0 Å². The molecule has 1 aromatic carbocycles. The second kappa shape index (κ2) is 6.82. The van der Waals surface area contributed by atoms with E-state index < -0.39 is 11.6 Å². The second-order valence-corrected chi connectivity index (χ2v) is 5.84. The van der Waals surface area contributed by atoms with E-state index in [1.165, 1.54) is 0 Å². The van der Waals surface area contributed by atoms with Crippen LogP contribution < -0.4 is 10.1 Å². The number of carbonyl (C=O) groups is 1. The third-order valence-electron chi connectivity index (χ3n) is 3.79. The molecule has 0 unspecified atom stereocenters. The Morgan fingerprint density at radius 1 is 1.38 bits per heavy atom. The van der Waals surface area contributed by atoms with Gasteiger partial charge in [0.1, 0.15) is 11.3 Å². The Morgan fingerprint density at radius 3 is 2.67 bits per heavy atom. The van der Waals surface area contributed by atoms with E-state index in [9.17, 15) is 10.1 Å². The average Bonchev–Trinajstić information content (AvgIpc) is 2.50. The Morgan fingerprint density at radius 2 is 2.05 bits per heavy atom. The zero-order valence-electron chi connectivity index (χ0n) is 12.1. The van der Waals surface area contributed by atoms with E-state index in [1.807, 2.05) is 0 Å². The summed E-state index contributed by atoms with van der Waals surface area (Å²) >= 11 is 6.01. The van der Waals surface area contributed by atoms with E-state index in [-0.39, 0.29) is 5.91 Å². The van der Waals surface area contributed by atoms with Crippen molar-refractivity contribution >= 4 is 17.5 Å². The first-order valence-electron chi connectivity index (χ1n) is 7.21. The molecule has 0 saturated heterocycles. The SMILES string of the molecule is C[C@H](Oc1ccccc1Cl)C(=O)NC1(C#N)CCCCC1. The van der Waals surface area contributed by atoms with E-state index in [2.05, 4.69) is 11.4 Å². The molecule has 0 aromatic heterocycles. The predicted molar refractivity (Wildman–Crippen MR) is 81.1 cm³/mol. The lowest BCUT2D eigenvalue weighted by molar-refractivity contribution is -0.129. The Hall–Kier alpha value is -1.73. The van der Waals surface area contributed by atoms with E-state index in [1.54, 1.807) is 31.2 Å². The molecule has 1 saturated carbocycles. The van der Waals surface area contributed by atoms with Crippen molar-refractivity contribution in [3.63, 3.8) is 0 Å². The second-order valence-electron chi connectivity index (χ2n) is 5.43. The van der Waals surface area contributed by atoms with Gasteiger partial charge in [-0.25, -0.2) is 0 Å². The summed E-state index contributed by atoms with van der Waals surface area (Å²) in [5, 5.41) is 12.7. The summed E-state index contributed by atoms with van der Waals surface area (Å²) < 4.78 is 5.58. The van der Waals surface area contributed by atoms with E-state index in [0.717, 1.165) is 19.3 Å². The van der Waals surface area contributed by atoms with Crippen LogP contribution in [0.15, 0.2) is 24.3 Å². The largest absolute Gasteiger partial charge is 0.479 e. The first kappa shape index (κ1) is 15.7. The van der Waals surface area contributed by atoms with Crippen LogP contribution in [0.5, 0.6) is 5.75 Å². The Bertz CT molecular complexity index is 547. The summed E-state index contributed by atoms with van der Waals surface area (Å²) in [7, 11) is 0. The molecule has 112 valence electrons. The van der Waals surface area contributed by atoms with Gasteiger partial charge >= 0.3 is 0 Å². The summed E-state index contributed by atoms with van der Waals surface area (Å²) in [5.74, 6) is 0.190. The van der Waals surface area contributed by atoms with Crippen LogP contribution in [-0.4, -0.2) is 17.6 Å². The molecule has 0 heterocycles. The molecular weight excluding hydrogens is 288 g/mol. The zero-order valence-corrected chi connectivity index (χ0v) is 12.8. The molecule has 2 rings (SSSR count). The van der Waals surface area contributed by atoms with Crippen molar-refractivity contribution in [1.29, 1.82) is 5.26 Å². The van der Waals surface area contributed by atoms with Gasteiger partial charge in [-0.2, -0.15) is 5.26 Å². The highest BCUT2D eigenvalue weighted by atomic mass is 35.5. The van der Waals surface area contributed by atoms with Crippen LogP contribution in [-0.2, 0) is 4.79 Å². The first-order valence-corrected chi connectivity index (χ1v) is 7.58. The molecule has 1 fully saturated rings. The van der Waals surface area contributed by atoms with Gasteiger partial charge in [-0.1, -0.05) is 43.0 Å². The van der Waals surface area contributed by atoms with Crippen molar-refractivity contribution in [3.8, 4) is 11.8 Å². The highest BCUT2D eigenvalue weighted by molar-refractivity contribution is 6.32. The molecule has 1 aliphatic carbocycles. The zero-order chi connectivity index (χ0) is 15.3. The lowest BCUT2D eigenvalue weighted by atomic mass is 9.83. The Labute approximate surface area is 130 Å². The van der Waals surface area contributed by atoms with Crippen molar-refractivity contribution in [2.45, 2.75) is 50.7 Å². The van der Waals surface area contributed by atoms with Gasteiger partial charge in [0, 0.05) is 0 Å². The van der Waals surface area contributed by atoms with Gasteiger partial charge in [0.15, 0.2) is 6.10 Å². The van der Waals surface area contributed by atoms with Gasteiger partial charge < -0.3 is 10.1 Å². The van der Waals surface area contributed by atoms with E-state index >= 15 is 0 Å². The third kappa shape index (κ3) is 3.89. The minimum Gasteiger partial charge on any atom is -0.479 e. The fraction of sp³-hybridized carbons (Fsp3) is 0.500. The summed E-state index contributed by atoms with van der Waals surface area (Å²) in [4.78, 5) is 12.3. The van der Waals surface area contributed by atoms with Gasteiger partial charge in [0.2, 0.25) is 0 Å². The fourth-order valence-electron chi connectivity index (χ4n) is 2.54. The van der Waals surface area contributed by atoms with Crippen LogP contribution in [0.2, 0.25) is 5.02 Å². The van der Waals surface area contributed by atoms with Gasteiger partial charge in [-0.15, -0.1) is 0 Å². The smallest absolute Gasteiger partial charge is 0.262 e. The summed E-state index contributed by atoms with van der Waals surface area (Å²) in [6.07, 6.45) is 3.76. The molecule has 21 heavy (non-hydrogen) atoms. The van der Waals surface area contributed by atoms with Crippen molar-refractivity contribution in [2.75, 3.05) is 0 Å². The molecule has 0 aliphatic heterocycles. The van der Waals surface area contributed by atoms with E-state index in [0.29, 0.717) is 23.6 Å². The predicted octanol–water partition coefficient (Wildman–Crippen LogP) is 3.45. The van der Waals surface area contributed by atoms with Crippen LogP contribution in [0.25, 0.3) is 0 Å². The summed E-state index contributed by atoms with van der Waals surface area (Å²) in [5.41, 5.74) is -0.743. The summed E-state index contributed by atoms with van der Waals surface area (Å²) in [6, 6.07) is 9.28. The van der Waals surface area contributed by atoms with Crippen LogP contribution >= 0.6 is 11.6 Å². The number of amides is 1. The highest BCUT2D eigenvalue weighted by Crippen LogP contribution is 2.28. The molecule has 5 heteroatoms. The van der Waals surface area contributed by atoms with Crippen molar-refractivity contribution in [1.82, 2.24) is 5.32 Å². The quantitative estimate of drug-likeness (QED) is 0.926. The number of rotatable bonds is 4. The topological polar surface area (TPSA) is 62.1 Å². The normalized spacial score (nSPS) is 18.3. The number of ether oxygens (including phenoxy) is 1. The van der Waals surface area contributed by atoms with Crippen molar-refractivity contribution in [2.24, 2.45) is 0 Å². The van der Waals surface area contributed by atoms with Crippen LogP contribution in [0.1, 0.15) is 39.0 Å². The van der Waals surface area contributed by atoms with Crippen molar-refractivity contribution in [3.05, 3.63) is 29.3 Å². The van der Waals surface area contributed by atoms with Crippen LogP contribution in [0.3, 0.4) is 0 Å². The van der Waals surface area contributed by atoms with E-state index in [4.69, 9.17) is 16.3 Å². The molecule has 1 amide bonds. The minimum atomic E-state index is -0.743. The molecule has 1 aromatic rings. The number of nitrogens with one attached hydrogen (secondary N) is 1. The minimum absolute atomic E-state index is 0.279. The first-order chi connectivity index (χ1) is 10.1. The maximum absolute atomic E-state index is 12.3. The maximum Gasteiger partial charge on any atom is 0.262 e. The molecule has 0 radical (unpaired) electrons. The average molecular weight is 307 g/mol. The molecule has 1 aliphatic rings. The Balaban J connectivity index is 1.99. The lowest BCUT2D eigenvalue weighted by Crippen LogP contribution is -2.52. The number of carbonyl (C=O) groups excluding carboxylic acids is 1. The van der Waals surface area contributed by atoms with Gasteiger partial charge in [-0.05, 0) is 31.9 Å². The number of para-hydroxylation sites is 1.